The molecule has 0 aliphatic carbocycles. The molecule has 0 saturated heterocycles. The molecule has 5 heteroatoms. The van der Waals surface area contributed by atoms with Crippen LogP contribution in [0.4, 0.5) is 5.69 Å². The third-order valence-corrected chi connectivity index (χ3v) is 2.95. The number of para-hydroxylation sites is 3. The van der Waals surface area contributed by atoms with Crippen LogP contribution in [0.15, 0.2) is 48.5 Å². The number of carbonyl (C=O) groups excluding carboxylic acids is 1. The maximum Gasteiger partial charge on any atom is 0.221 e. The van der Waals surface area contributed by atoms with Crippen molar-refractivity contribution in [3.8, 4) is 11.5 Å². The number of anilines is 1. The minimum atomic E-state index is -0.140. The number of ether oxygens (including phenoxy) is 2. The number of hydrogen-bond donors (Lipinski definition) is 1. The van der Waals surface area contributed by atoms with E-state index in [-0.39, 0.29) is 5.91 Å². The van der Waals surface area contributed by atoms with E-state index in [4.69, 9.17) is 21.1 Å². The van der Waals surface area contributed by atoms with Crippen LogP contribution in [0.5, 0.6) is 11.5 Å². The molecule has 0 heterocycles. The molecular weight excluding hydrogens is 290 g/mol. The van der Waals surface area contributed by atoms with Crippen LogP contribution in [0.3, 0.4) is 0 Å². The van der Waals surface area contributed by atoms with Gasteiger partial charge in [0.2, 0.25) is 5.91 Å². The Balaban J connectivity index is 1.86. The van der Waals surface area contributed by atoms with Gasteiger partial charge in [-0.15, -0.1) is 0 Å². The fourth-order valence-corrected chi connectivity index (χ4v) is 1.94. The van der Waals surface area contributed by atoms with Crippen LogP contribution in [-0.4, -0.2) is 19.1 Å². The molecule has 0 radical (unpaired) electrons. The fraction of sp³-hybridized carbons (Fsp3) is 0.188. The summed E-state index contributed by atoms with van der Waals surface area (Å²) >= 11 is 5.99. The largest absolute Gasteiger partial charge is 0.488 e. The third kappa shape index (κ3) is 4.68. The summed E-state index contributed by atoms with van der Waals surface area (Å²) in [5.41, 5.74) is 0.641. The minimum absolute atomic E-state index is 0.140. The van der Waals surface area contributed by atoms with Crippen LogP contribution in [0.1, 0.15) is 6.92 Å². The number of nitrogens with one attached hydrogen (secondary N) is 1. The quantitative estimate of drug-likeness (QED) is 0.827. The highest BCUT2D eigenvalue weighted by molar-refractivity contribution is 6.32. The summed E-state index contributed by atoms with van der Waals surface area (Å²) < 4.78 is 11.2. The molecule has 0 atom stereocenters. The van der Waals surface area contributed by atoms with Crippen LogP contribution in [-0.2, 0) is 4.79 Å². The second-order valence-corrected chi connectivity index (χ2v) is 4.71. The first-order chi connectivity index (χ1) is 10.2. The highest BCUT2D eigenvalue weighted by Crippen LogP contribution is 2.25. The summed E-state index contributed by atoms with van der Waals surface area (Å²) in [4.78, 5) is 11.1. The Hall–Kier alpha value is -2.20. The molecule has 2 aromatic carbocycles. The molecule has 0 saturated carbocycles. The van der Waals surface area contributed by atoms with Gasteiger partial charge in [0, 0.05) is 6.92 Å². The van der Waals surface area contributed by atoms with E-state index in [1.54, 1.807) is 24.3 Å². The first kappa shape index (κ1) is 15.2. The van der Waals surface area contributed by atoms with Gasteiger partial charge in [-0.1, -0.05) is 35.9 Å². The average molecular weight is 306 g/mol. The van der Waals surface area contributed by atoms with Crippen molar-refractivity contribution in [2.75, 3.05) is 18.5 Å². The highest BCUT2D eigenvalue weighted by Gasteiger charge is 2.05. The summed E-state index contributed by atoms with van der Waals surface area (Å²) in [6.45, 7) is 2.16. The first-order valence-corrected chi connectivity index (χ1v) is 6.91. The Kier molecular flexibility index (Phi) is 5.46. The van der Waals surface area contributed by atoms with E-state index >= 15 is 0 Å². The number of hydrogen-bond acceptors (Lipinski definition) is 3. The Labute approximate surface area is 128 Å². The third-order valence-electron chi connectivity index (χ3n) is 2.63. The predicted molar refractivity (Wildman–Crippen MR) is 83.2 cm³/mol. The van der Waals surface area contributed by atoms with E-state index in [1.165, 1.54) is 6.92 Å². The van der Waals surface area contributed by atoms with E-state index in [9.17, 15) is 4.79 Å². The van der Waals surface area contributed by atoms with Crippen molar-refractivity contribution < 1.29 is 14.3 Å². The summed E-state index contributed by atoms with van der Waals surface area (Å²) in [6, 6.07) is 14.5. The van der Waals surface area contributed by atoms with Crippen molar-refractivity contribution in [1.29, 1.82) is 0 Å². The lowest BCUT2D eigenvalue weighted by Crippen LogP contribution is -2.12. The molecule has 21 heavy (non-hydrogen) atoms. The van der Waals surface area contributed by atoms with Gasteiger partial charge in [0.15, 0.2) is 0 Å². The Morgan fingerprint density at radius 2 is 1.57 bits per heavy atom. The number of rotatable bonds is 6. The zero-order valence-electron chi connectivity index (χ0n) is 11.6. The van der Waals surface area contributed by atoms with Crippen molar-refractivity contribution in [3.05, 3.63) is 53.6 Å². The highest BCUT2D eigenvalue weighted by atomic mass is 35.5. The van der Waals surface area contributed by atoms with E-state index in [1.807, 2.05) is 24.3 Å². The normalized spacial score (nSPS) is 10.0. The lowest BCUT2D eigenvalue weighted by atomic mass is 10.3. The zero-order valence-corrected chi connectivity index (χ0v) is 12.4. The standard InChI is InChI=1S/C16H16ClNO3/c1-12(19)18-14-7-3-5-9-16(14)21-11-10-20-15-8-4-2-6-13(15)17/h2-9H,10-11H2,1H3,(H,18,19). The fourth-order valence-electron chi connectivity index (χ4n) is 1.75. The second-order valence-electron chi connectivity index (χ2n) is 4.30. The molecule has 0 bridgehead atoms. The van der Waals surface area contributed by atoms with E-state index in [0.717, 1.165) is 0 Å². The predicted octanol–water partition coefficient (Wildman–Crippen LogP) is 3.76. The van der Waals surface area contributed by atoms with Crippen LogP contribution in [0.25, 0.3) is 0 Å². The molecule has 0 aliphatic heterocycles. The van der Waals surface area contributed by atoms with Gasteiger partial charge in [0.25, 0.3) is 0 Å². The topological polar surface area (TPSA) is 47.6 Å². The summed E-state index contributed by atoms with van der Waals surface area (Å²) in [7, 11) is 0. The molecular formula is C16H16ClNO3. The molecule has 110 valence electrons. The first-order valence-electron chi connectivity index (χ1n) is 6.53. The minimum Gasteiger partial charge on any atom is -0.488 e. The molecule has 2 aromatic rings. The molecule has 0 unspecified atom stereocenters. The van der Waals surface area contributed by atoms with Crippen molar-refractivity contribution in [2.45, 2.75) is 6.92 Å². The molecule has 1 amide bonds. The second kappa shape index (κ2) is 7.55. The number of halogens is 1. The van der Waals surface area contributed by atoms with Crippen molar-refractivity contribution in [2.24, 2.45) is 0 Å². The lowest BCUT2D eigenvalue weighted by molar-refractivity contribution is -0.114. The molecule has 1 N–H and O–H groups in total. The Morgan fingerprint density at radius 3 is 2.24 bits per heavy atom. The molecule has 0 aromatic heterocycles. The lowest BCUT2D eigenvalue weighted by Gasteiger charge is -2.12. The maximum atomic E-state index is 11.1. The van der Waals surface area contributed by atoms with Crippen LogP contribution < -0.4 is 14.8 Å². The molecule has 0 aliphatic rings. The molecule has 4 nitrogen and oxygen atoms in total. The van der Waals surface area contributed by atoms with Gasteiger partial charge in [-0.2, -0.15) is 0 Å². The smallest absolute Gasteiger partial charge is 0.221 e. The van der Waals surface area contributed by atoms with E-state index < -0.39 is 0 Å². The number of benzene rings is 2. The molecule has 0 fully saturated rings. The van der Waals surface area contributed by atoms with Gasteiger partial charge in [0.1, 0.15) is 24.7 Å². The molecule has 0 spiro atoms. The summed E-state index contributed by atoms with van der Waals surface area (Å²) in [6.07, 6.45) is 0. The Bertz CT molecular complexity index is 616. The van der Waals surface area contributed by atoms with Gasteiger partial charge in [-0.25, -0.2) is 0 Å². The van der Waals surface area contributed by atoms with Crippen LogP contribution in [0, 0.1) is 0 Å². The van der Waals surface area contributed by atoms with Crippen LogP contribution >= 0.6 is 11.6 Å². The number of carbonyl (C=O) groups is 1. The van der Waals surface area contributed by atoms with E-state index in [0.29, 0.717) is 35.4 Å². The van der Waals surface area contributed by atoms with Gasteiger partial charge < -0.3 is 14.8 Å². The summed E-state index contributed by atoms with van der Waals surface area (Å²) in [5.74, 6) is 1.09. The average Bonchev–Trinajstić information content (AvgIpc) is 2.46. The molecule has 2 rings (SSSR count). The maximum absolute atomic E-state index is 11.1. The van der Waals surface area contributed by atoms with Gasteiger partial charge in [-0.3, -0.25) is 4.79 Å². The SMILES string of the molecule is CC(=O)Nc1ccccc1OCCOc1ccccc1Cl. The van der Waals surface area contributed by atoms with Crippen molar-refractivity contribution in [1.82, 2.24) is 0 Å². The zero-order chi connectivity index (χ0) is 15.1. The monoisotopic (exact) mass is 305 g/mol. The van der Waals surface area contributed by atoms with Gasteiger partial charge in [0.05, 0.1) is 10.7 Å². The van der Waals surface area contributed by atoms with Gasteiger partial charge >= 0.3 is 0 Å². The Morgan fingerprint density at radius 1 is 1.00 bits per heavy atom. The van der Waals surface area contributed by atoms with E-state index in [2.05, 4.69) is 5.32 Å². The summed E-state index contributed by atoms with van der Waals surface area (Å²) in [5, 5.41) is 3.28. The van der Waals surface area contributed by atoms with Crippen LogP contribution in [0.2, 0.25) is 5.02 Å². The van der Waals surface area contributed by atoms with Crippen molar-refractivity contribution in [3.63, 3.8) is 0 Å². The van der Waals surface area contributed by atoms with Gasteiger partial charge in [-0.05, 0) is 24.3 Å². The number of amides is 1. The van der Waals surface area contributed by atoms with Crippen molar-refractivity contribution >= 4 is 23.2 Å².